The molecule has 0 aliphatic carbocycles. The fraction of sp³-hybridized carbons (Fsp3) is 0.294. The van der Waals surface area contributed by atoms with Crippen molar-refractivity contribution >= 4 is 15.7 Å². The lowest BCUT2D eigenvalue weighted by Crippen LogP contribution is -2.15. The minimum atomic E-state index is -3.49. The Morgan fingerprint density at radius 1 is 1.04 bits per heavy atom. The predicted molar refractivity (Wildman–Crippen MR) is 89.5 cm³/mol. The zero-order valence-corrected chi connectivity index (χ0v) is 13.7. The number of sulfonamides is 1. The molecule has 1 aliphatic rings. The van der Waals surface area contributed by atoms with E-state index in [9.17, 15) is 8.42 Å². The molecule has 0 bridgehead atoms. The quantitative estimate of drug-likeness (QED) is 0.934. The van der Waals surface area contributed by atoms with Gasteiger partial charge in [0.15, 0.2) is 11.5 Å². The van der Waals surface area contributed by atoms with Gasteiger partial charge in [-0.05, 0) is 30.2 Å². The van der Waals surface area contributed by atoms with Crippen LogP contribution in [0.15, 0.2) is 42.5 Å². The maximum atomic E-state index is 12.4. The average molecular weight is 333 g/mol. The summed E-state index contributed by atoms with van der Waals surface area (Å²) in [7, 11) is -3.49. The fourth-order valence-electron chi connectivity index (χ4n) is 2.42. The summed E-state index contributed by atoms with van der Waals surface area (Å²) in [5.41, 5.74) is 2.22. The molecule has 2 aromatic carbocycles. The number of rotatable bonds is 4. The molecular weight excluding hydrogens is 314 g/mol. The molecule has 6 heteroatoms. The highest BCUT2D eigenvalue weighted by atomic mass is 32.2. The van der Waals surface area contributed by atoms with E-state index in [0.717, 1.165) is 17.5 Å². The van der Waals surface area contributed by atoms with Crippen LogP contribution in [0, 0.1) is 6.92 Å². The van der Waals surface area contributed by atoms with Gasteiger partial charge < -0.3 is 9.47 Å². The Hall–Kier alpha value is -2.21. The second-order valence-electron chi connectivity index (χ2n) is 5.50. The van der Waals surface area contributed by atoms with Crippen LogP contribution >= 0.6 is 0 Å². The molecular formula is C17H19NO4S. The van der Waals surface area contributed by atoms with Gasteiger partial charge in [-0.2, -0.15) is 0 Å². The van der Waals surface area contributed by atoms with Crippen molar-refractivity contribution in [3.05, 3.63) is 53.6 Å². The third-order valence-corrected chi connectivity index (χ3v) is 4.87. The Kier molecular flexibility index (Phi) is 4.43. The van der Waals surface area contributed by atoms with E-state index in [2.05, 4.69) is 4.72 Å². The van der Waals surface area contributed by atoms with Crippen molar-refractivity contribution in [2.75, 3.05) is 17.9 Å². The molecule has 23 heavy (non-hydrogen) atoms. The van der Waals surface area contributed by atoms with Crippen LogP contribution in [-0.2, 0) is 15.8 Å². The Bertz CT molecular complexity index is 802. The normalized spacial score (nSPS) is 14.1. The minimum Gasteiger partial charge on any atom is -0.490 e. The maximum absolute atomic E-state index is 12.4. The van der Waals surface area contributed by atoms with Gasteiger partial charge in [-0.1, -0.05) is 24.3 Å². The van der Waals surface area contributed by atoms with E-state index in [4.69, 9.17) is 9.47 Å². The lowest BCUT2D eigenvalue weighted by molar-refractivity contribution is 0.297. The summed E-state index contributed by atoms with van der Waals surface area (Å²) < 4.78 is 38.5. The molecule has 0 atom stereocenters. The number of ether oxygens (including phenoxy) is 2. The fourth-order valence-corrected chi connectivity index (χ4v) is 3.71. The van der Waals surface area contributed by atoms with Gasteiger partial charge in [0.25, 0.3) is 0 Å². The Labute approximate surface area is 136 Å². The second-order valence-corrected chi connectivity index (χ2v) is 7.22. The number of hydrogen-bond acceptors (Lipinski definition) is 4. The first-order valence-electron chi connectivity index (χ1n) is 7.48. The van der Waals surface area contributed by atoms with E-state index in [-0.39, 0.29) is 5.75 Å². The summed E-state index contributed by atoms with van der Waals surface area (Å²) >= 11 is 0. The monoisotopic (exact) mass is 333 g/mol. The van der Waals surface area contributed by atoms with Crippen LogP contribution in [0.2, 0.25) is 0 Å². The largest absolute Gasteiger partial charge is 0.490 e. The van der Waals surface area contributed by atoms with Crippen LogP contribution in [0.25, 0.3) is 0 Å². The van der Waals surface area contributed by atoms with Crippen LogP contribution in [0.1, 0.15) is 17.5 Å². The molecule has 0 fully saturated rings. The van der Waals surface area contributed by atoms with E-state index in [0.29, 0.717) is 30.4 Å². The van der Waals surface area contributed by atoms with Crippen molar-refractivity contribution in [3.63, 3.8) is 0 Å². The molecule has 5 nitrogen and oxygen atoms in total. The van der Waals surface area contributed by atoms with E-state index < -0.39 is 10.0 Å². The third kappa shape index (κ3) is 3.96. The average Bonchev–Trinajstić information content (AvgIpc) is 2.74. The SMILES string of the molecule is Cc1ccccc1CS(=O)(=O)Nc1ccc2c(c1)OCCCO2. The van der Waals surface area contributed by atoms with Crippen LogP contribution in [0.5, 0.6) is 11.5 Å². The second kappa shape index (κ2) is 6.50. The van der Waals surface area contributed by atoms with Crippen molar-refractivity contribution < 1.29 is 17.9 Å². The zero-order chi connectivity index (χ0) is 16.3. The zero-order valence-electron chi connectivity index (χ0n) is 12.9. The summed E-state index contributed by atoms with van der Waals surface area (Å²) in [5.74, 6) is 1.15. The van der Waals surface area contributed by atoms with E-state index in [1.165, 1.54) is 0 Å². The third-order valence-electron chi connectivity index (χ3n) is 3.63. The van der Waals surface area contributed by atoms with Crippen LogP contribution in [0.4, 0.5) is 5.69 Å². The van der Waals surface area contributed by atoms with Crippen molar-refractivity contribution in [1.82, 2.24) is 0 Å². The first-order valence-corrected chi connectivity index (χ1v) is 9.13. The van der Waals surface area contributed by atoms with Crippen LogP contribution < -0.4 is 14.2 Å². The first-order chi connectivity index (χ1) is 11.0. The molecule has 0 radical (unpaired) electrons. The molecule has 0 amide bonds. The summed E-state index contributed by atoms with van der Waals surface area (Å²) in [4.78, 5) is 0. The molecule has 2 aromatic rings. The summed E-state index contributed by atoms with van der Waals surface area (Å²) in [6, 6.07) is 12.5. The highest BCUT2D eigenvalue weighted by Crippen LogP contribution is 2.32. The number of hydrogen-bond donors (Lipinski definition) is 1. The first kappa shape index (κ1) is 15.7. The molecule has 0 aromatic heterocycles. The van der Waals surface area contributed by atoms with Gasteiger partial charge in [-0.3, -0.25) is 4.72 Å². The Morgan fingerprint density at radius 2 is 1.78 bits per heavy atom. The predicted octanol–water partition coefficient (Wildman–Crippen LogP) is 3.10. The highest BCUT2D eigenvalue weighted by molar-refractivity contribution is 7.91. The summed E-state index contributed by atoms with van der Waals surface area (Å²) in [5, 5.41) is 0. The van der Waals surface area contributed by atoms with Gasteiger partial charge >= 0.3 is 0 Å². The molecule has 0 saturated carbocycles. The van der Waals surface area contributed by atoms with Gasteiger partial charge in [0.05, 0.1) is 24.7 Å². The molecule has 3 rings (SSSR count). The van der Waals surface area contributed by atoms with Gasteiger partial charge in [-0.25, -0.2) is 8.42 Å². The highest BCUT2D eigenvalue weighted by Gasteiger charge is 2.16. The summed E-state index contributed by atoms with van der Waals surface area (Å²) in [6.45, 7) is 3.07. The molecule has 0 spiro atoms. The van der Waals surface area contributed by atoms with E-state index >= 15 is 0 Å². The van der Waals surface area contributed by atoms with E-state index in [1.807, 2.05) is 31.2 Å². The minimum absolute atomic E-state index is 0.0614. The number of benzene rings is 2. The lowest BCUT2D eigenvalue weighted by Gasteiger charge is -2.12. The number of anilines is 1. The van der Waals surface area contributed by atoms with Crippen molar-refractivity contribution in [3.8, 4) is 11.5 Å². The topological polar surface area (TPSA) is 64.6 Å². The van der Waals surface area contributed by atoms with Crippen molar-refractivity contribution in [1.29, 1.82) is 0 Å². The number of nitrogens with one attached hydrogen (secondary N) is 1. The van der Waals surface area contributed by atoms with Gasteiger partial charge in [0.2, 0.25) is 10.0 Å². The van der Waals surface area contributed by atoms with Crippen molar-refractivity contribution in [2.24, 2.45) is 0 Å². The maximum Gasteiger partial charge on any atom is 0.236 e. The van der Waals surface area contributed by atoms with Crippen LogP contribution in [-0.4, -0.2) is 21.6 Å². The molecule has 0 saturated heterocycles. The Morgan fingerprint density at radius 3 is 2.57 bits per heavy atom. The molecule has 1 heterocycles. The molecule has 1 N–H and O–H groups in total. The summed E-state index contributed by atoms with van der Waals surface area (Å²) in [6.07, 6.45) is 0.809. The van der Waals surface area contributed by atoms with Crippen LogP contribution in [0.3, 0.4) is 0 Å². The molecule has 0 unspecified atom stereocenters. The Balaban J connectivity index is 1.78. The number of aryl methyl sites for hydroxylation is 1. The number of fused-ring (bicyclic) bond motifs is 1. The standard InChI is InChI=1S/C17H19NO4S/c1-13-5-2-3-6-14(13)12-23(19,20)18-15-7-8-16-17(11-15)22-10-4-9-21-16/h2-3,5-8,11,18H,4,9-10,12H2,1H3. The van der Waals surface area contributed by atoms with E-state index in [1.54, 1.807) is 18.2 Å². The molecule has 122 valence electrons. The smallest absolute Gasteiger partial charge is 0.236 e. The van der Waals surface area contributed by atoms with Gasteiger partial charge in [0.1, 0.15) is 0 Å². The van der Waals surface area contributed by atoms with Gasteiger partial charge in [-0.15, -0.1) is 0 Å². The molecule has 1 aliphatic heterocycles. The lowest BCUT2D eigenvalue weighted by atomic mass is 10.1. The van der Waals surface area contributed by atoms with Crippen molar-refractivity contribution in [2.45, 2.75) is 19.1 Å². The van der Waals surface area contributed by atoms with Gasteiger partial charge in [0, 0.05) is 12.5 Å².